The molecule has 0 unspecified atom stereocenters. The maximum atomic E-state index is 12.0. The van der Waals surface area contributed by atoms with E-state index in [0.29, 0.717) is 11.3 Å². The molecular formula is C21H20O2. The zero-order valence-corrected chi connectivity index (χ0v) is 13.7. The van der Waals surface area contributed by atoms with E-state index in [4.69, 9.17) is 4.74 Å². The van der Waals surface area contributed by atoms with E-state index in [1.807, 2.05) is 48.5 Å². The molecule has 0 N–H and O–H groups in total. The number of benzene rings is 2. The summed E-state index contributed by atoms with van der Waals surface area (Å²) in [5, 5.41) is 0. The highest BCUT2D eigenvalue weighted by molar-refractivity contribution is 6.05. The first-order chi connectivity index (χ1) is 10.9. The van der Waals surface area contributed by atoms with Crippen LogP contribution < -0.4 is 0 Å². The number of hydrogen-bond donors (Lipinski definition) is 0. The average molecular weight is 304 g/mol. The standard InChI is InChI=1S/C21H20O2/c1-21(2,3)18-11-9-16(10-12-18)19-14-17(20(22)23-19)13-15-7-5-4-6-8-15/h4-14H,1-3H3/b17-13+. The fourth-order valence-electron chi connectivity index (χ4n) is 2.49. The van der Waals surface area contributed by atoms with Crippen LogP contribution in [-0.2, 0) is 14.9 Å². The monoisotopic (exact) mass is 304 g/mol. The van der Waals surface area contributed by atoms with Crippen LogP contribution in [0.3, 0.4) is 0 Å². The van der Waals surface area contributed by atoms with Crippen molar-refractivity contribution in [3.63, 3.8) is 0 Å². The van der Waals surface area contributed by atoms with E-state index in [0.717, 1.165) is 11.1 Å². The van der Waals surface area contributed by atoms with Crippen LogP contribution in [0.5, 0.6) is 0 Å². The van der Waals surface area contributed by atoms with E-state index < -0.39 is 0 Å². The maximum Gasteiger partial charge on any atom is 0.343 e. The van der Waals surface area contributed by atoms with Crippen LogP contribution >= 0.6 is 0 Å². The summed E-state index contributed by atoms with van der Waals surface area (Å²) in [4.78, 5) is 12.0. The molecule has 0 aromatic heterocycles. The average Bonchev–Trinajstić information content (AvgIpc) is 2.89. The van der Waals surface area contributed by atoms with Gasteiger partial charge in [0.05, 0.1) is 5.57 Å². The molecule has 1 aliphatic heterocycles. The maximum absolute atomic E-state index is 12.0. The van der Waals surface area contributed by atoms with E-state index in [2.05, 4.69) is 32.9 Å². The van der Waals surface area contributed by atoms with Crippen molar-refractivity contribution in [2.45, 2.75) is 26.2 Å². The second kappa shape index (κ2) is 5.88. The second-order valence-corrected chi connectivity index (χ2v) is 6.74. The van der Waals surface area contributed by atoms with Crippen molar-refractivity contribution in [1.29, 1.82) is 0 Å². The van der Waals surface area contributed by atoms with Gasteiger partial charge in [0.15, 0.2) is 0 Å². The number of carbonyl (C=O) groups is 1. The third kappa shape index (κ3) is 3.42. The second-order valence-electron chi connectivity index (χ2n) is 6.74. The minimum absolute atomic E-state index is 0.109. The molecule has 3 rings (SSSR count). The minimum Gasteiger partial charge on any atom is -0.422 e. The summed E-state index contributed by atoms with van der Waals surface area (Å²) in [6.45, 7) is 6.53. The molecule has 116 valence electrons. The van der Waals surface area contributed by atoms with Crippen LogP contribution in [0.15, 0.2) is 66.2 Å². The molecule has 0 bridgehead atoms. The molecule has 2 aromatic rings. The largest absolute Gasteiger partial charge is 0.422 e. The molecule has 0 atom stereocenters. The molecule has 1 aliphatic rings. The highest BCUT2D eigenvalue weighted by Crippen LogP contribution is 2.29. The minimum atomic E-state index is -0.302. The summed E-state index contributed by atoms with van der Waals surface area (Å²) in [5.74, 6) is 0.307. The summed E-state index contributed by atoms with van der Waals surface area (Å²) in [6.07, 6.45) is 3.65. The van der Waals surface area contributed by atoms with E-state index in [1.54, 1.807) is 6.08 Å². The molecule has 0 aliphatic carbocycles. The number of ether oxygens (including phenoxy) is 1. The van der Waals surface area contributed by atoms with Crippen LogP contribution in [0, 0.1) is 0 Å². The van der Waals surface area contributed by atoms with Crippen molar-refractivity contribution < 1.29 is 9.53 Å². The lowest BCUT2D eigenvalue weighted by Gasteiger charge is -2.19. The molecule has 0 fully saturated rings. The SMILES string of the molecule is CC(C)(C)c1ccc(C2=C/C(=C\c3ccccc3)C(=O)O2)cc1. The Hall–Kier alpha value is -2.61. The van der Waals surface area contributed by atoms with Crippen molar-refractivity contribution in [3.05, 3.63) is 82.9 Å². The van der Waals surface area contributed by atoms with Crippen molar-refractivity contribution in [2.75, 3.05) is 0 Å². The molecule has 2 heteroatoms. The summed E-state index contributed by atoms with van der Waals surface area (Å²) in [6, 6.07) is 18.0. The van der Waals surface area contributed by atoms with Crippen molar-refractivity contribution in [2.24, 2.45) is 0 Å². The Morgan fingerprint density at radius 3 is 2.17 bits per heavy atom. The molecule has 23 heavy (non-hydrogen) atoms. The summed E-state index contributed by atoms with van der Waals surface area (Å²) < 4.78 is 5.41. The van der Waals surface area contributed by atoms with Gasteiger partial charge in [-0.1, -0.05) is 75.4 Å². The van der Waals surface area contributed by atoms with E-state index >= 15 is 0 Å². The molecule has 0 spiro atoms. The number of esters is 1. The Bertz CT molecular complexity index is 773. The number of rotatable bonds is 2. The van der Waals surface area contributed by atoms with Gasteiger partial charge in [0.2, 0.25) is 0 Å². The highest BCUT2D eigenvalue weighted by Gasteiger charge is 2.22. The Balaban J connectivity index is 1.88. The van der Waals surface area contributed by atoms with Crippen LogP contribution in [0.2, 0.25) is 0 Å². The molecule has 0 saturated heterocycles. The summed E-state index contributed by atoms with van der Waals surface area (Å²) in [7, 11) is 0. The van der Waals surface area contributed by atoms with Gasteiger partial charge in [0.1, 0.15) is 5.76 Å². The van der Waals surface area contributed by atoms with Gasteiger partial charge in [-0.3, -0.25) is 0 Å². The lowest BCUT2D eigenvalue weighted by molar-refractivity contribution is -0.130. The zero-order chi connectivity index (χ0) is 16.4. The third-order valence-electron chi connectivity index (χ3n) is 3.88. The number of hydrogen-bond acceptors (Lipinski definition) is 2. The number of cyclic esters (lactones) is 1. The smallest absolute Gasteiger partial charge is 0.343 e. The summed E-state index contributed by atoms with van der Waals surface area (Å²) >= 11 is 0. The predicted octanol–water partition coefficient (Wildman–Crippen LogP) is 4.97. The Morgan fingerprint density at radius 1 is 0.913 bits per heavy atom. The van der Waals surface area contributed by atoms with Gasteiger partial charge in [0.25, 0.3) is 0 Å². The molecule has 2 nitrogen and oxygen atoms in total. The zero-order valence-electron chi connectivity index (χ0n) is 13.7. The first kappa shape index (κ1) is 15.3. The number of carbonyl (C=O) groups excluding carboxylic acids is 1. The molecule has 0 amide bonds. The topological polar surface area (TPSA) is 26.3 Å². The Kier molecular flexibility index (Phi) is 3.91. The van der Waals surface area contributed by atoms with Gasteiger partial charge in [-0.25, -0.2) is 4.79 Å². The Labute approximate surface area is 137 Å². The normalized spacial score (nSPS) is 16.4. The van der Waals surface area contributed by atoms with Crippen LogP contribution in [0.4, 0.5) is 0 Å². The predicted molar refractivity (Wildman–Crippen MR) is 93.6 cm³/mol. The third-order valence-corrected chi connectivity index (χ3v) is 3.88. The van der Waals surface area contributed by atoms with E-state index in [-0.39, 0.29) is 11.4 Å². The van der Waals surface area contributed by atoms with Crippen molar-refractivity contribution >= 4 is 17.8 Å². The van der Waals surface area contributed by atoms with Crippen molar-refractivity contribution in [1.82, 2.24) is 0 Å². The molecule has 2 aromatic carbocycles. The van der Waals surface area contributed by atoms with Crippen molar-refractivity contribution in [3.8, 4) is 0 Å². The lowest BCUT2D eigenvalue weighted by Crippen LogP contribution is -2.10. The molecular weight excluding hydrogens is 284 g/mol. The highest BCUT2D eigenvalue weighted by atomic mass is 16.5. The van der Waals surface area contributed by atoms with Gasteiger partial charge in [-0.2, -0.15) is 0 Å². The van der Waals surface area contributed by atoms with Crippen LogP contribution in [0.25, 0.3) is 11.8 Å². The van der Waals surface area contributed by atoms with E-state index in [9.17, 15) is 4.79 Å². The fraction of sp³-hybridized carbons (Fsp3) is 0.190. The molecule has 0 saturated carbocycles. The molecule has 1 heterocycles. The van der Waals surface area contributed by atoms with Crippen LogP contribution in [-0.4, -0.2) is 5.97 Å². The fourth-order valence-corrected chi connectivity index (χ4v) is 2.49. The van der Waals surface area contributed by atoms with Gasteiger partial charge in [-0.15, -0.1) is 0 Å². The lowest BCUT2D eigenvalue weighted by atomic mass is 9.86. The molecule has 0 radical (unpaired) electrons. The van der Waals surface area contributed by atoms with Gasteiger partial charge >= 0.3 is 5.97 Å². The van der Waals surface area contributed by atoms with Crippen LogP contribution in [0.1, 0.15) is 37.5 Å². The van der Waals surface area contributed by atoms with Gasteiger partial charge in [0, 0.05) is 5.56 Å². The Morgan fingerprint density at radius 2 is 1.57 bits per heavy atom. The first-order valence-corrected chi connectivity index (χ1v) is 7.75. The van der Waals surface area contributed by atoms with Gasteiger partial charge < -0.3 is 4.74 Å². The summed E-state index contributed by atoms with van der Waals surface area (Å²) in [5.41, 5.74) is 3.85. The van der Waals surface area contributed by atoms with E-state index in [1.165, 1.54) is 5.56 Å². The first-order valence-electron chi connectivity index (χ1n) is 7.75. The van der Waals surface area contributed by atoms with Gasteiger partial charge in [-0.05, 0) is 28.7 Å². The quantitative estimate of drug-likeness (QED) is 0.578.